The molecule has 11 heavy (non-hydrogen) atoms. The molecule has 0 fully saturated rings. The Morgan fingerprint density at radius 1 is 1.45 bits per heavy atom. The fourth-order valence-electron chi connectivity index (χ4n) is 0.864. The van der Waals surface area contributed by atoms with Gasteiger partial charge < -0.3 is 4.90 Å². The Balaban J connectivity index is 2.65. The van der Waals surface area contributed by atoms with Crippen molar-refractivity contribution in [2.45, 2.75) is 6.42 Å². The first-order valence-electron chi connectivity index (χ1n) is 3.31. The molecule has 0 saturated carbocycles. The average molecular weight is 145 g/mol. The van der Waals surface area contributed by atoms with Crippen molar-refractivity contribution in [2.24, 2.45) is 0 Å². The van der Waals surface area contributed by atoms with Crippen molar-refractivity contribution in [3.63, 3.8) is 0 Å². The number of nitrogens with zero attached hydrogens (tertiary/aromatic N) is 3. The molecule has 0 saturated heterocycles. The second-order valence-electron chi connectivity index (χ2n) is 2.18. The van der Waals surface area contributed by atoms with Crippen molar-refractivity contribution in [3.05, 3.63) is 24.0 Å². The van der Waals surface area contributed by atoms with E-state index in [1.54, 1.807) is 18.3 Å². The molecule has 1 aliphatic heterocycles. The van der Waals surface area contributed by atoms with Crippen LogP contribution in [0.4, 0.5) is 0 Å². The zero-order valence-corrected chi connectivity index (χ0v) is 5.99. The molecule has 0 bridgehead atoms. The van der Waals surface area contributed by atoms with Crippen LogP contribution in [0.15, 0.2) is 24.0 Å². The SMILES string of the molecule is N#CC(C#N)=CN1C=CCC1. The summed E-state index contributed by atoms with van der Waals surface area (Å²) in [5, 5.41) is 16.8. The highest BCUT2D eigenvalue weighted by Gasteiger charge is 2.01. The lowest BCUT2D eigenvalue weighted by molar-refractivity contribution is 0.547. The summed E-state index contributed by atoms with van der Waals surface area (Å²) in [6.07, 6.45) is 6.42. The van der Waals surface area contributed by atoms with Crippen LogP contribution in [0.1, 0.15) is 6.42 Å². The second kappa shape index (κ2) is 3.43. The van der Waals surface area contributed by atoms with E-state index >= 15 is 0 Å². The lowest BCUT2D eigenvalue weighted by Gasteiger charge is -2.06. The Bertz CT molecular complexity index is 259. The largest absolute Gasteiger partial charge is 0.352 e. The Hall–Kier alpha value is -1.74. The first-order chi connectivity index (χ1) is 5.36. The maximum absolute atomic E-state index is 8.39. The average Bonchev–Trinajstić information content (AvgIpc) is 2.52. The minimum absolute atomic E-state index is 0.150. The lowest BCUT2D eigenvalue weighted by Crippen LogP contribution is -2.05. The van der Waals surface area contributed by atoms with Gasteiger partial charge in [-0.2, -0.15) is 10.5 Å². The molecule has 0 atom stereocenters. The van der Waals surface area contributed by atoms with Crippen molar-refractivity contribution < 1.29 is 0 Å². The van der Waals surface area contributed by atoms with Gasteiger partial charge in [0, 0.05) is 12.7 Å². The van der Waals surface area contributed by atoms with E-state index in [1.807, 2.05) is 17.2 Å². The zero-order valence-electron chi connectivity index (χ0n) is 5.99. The summed E-state index contributed by atoms with van der Waals surface area (Å²) in [7, 11) is 0. The molecule has 0 aromatic rings. The molecule has 1 rings (SSSR count). The van der Waals surface area contributed by atoms with Gasteiger partial charge in [-0.1, -0.05) is 6.08 Å². The highest BCUT2D eigenvalue weighted by Crippen LogP contribution is 2.05. The Kier molecular flexibility index (Phi) is 2.30. The van der Waals surface area contributed by atoms with Gasteiger partial charge in [0.2, 0.25) is 0 Å². The molecule has 0 unspecified atom stereocenters. The van der Waals surface area contributed by atoms with E-state index in [4.69, 9.17) is 10.5 Å². The number of allylic oxidation sites excluding steroid dienone is 1. The molecule has 0 amide bonds. The Labute approximate surface area is 65.5 Å². The van der Waals surface area contributed by atoms with Gasteiger partial charge in [0.25, 0.3) is 0 Å². The molecule has 0 aromatic heterocycles. The Morgan fingerprint density at radius 3 is 2.64 bits per heavy atom. The fourth-order valence-corrected chi connectivity index (χ4v) is 0.864. The molecule has 0 N–H and O–H groups in total. The maximum atomic E-state index is 8.39. The Morgan fingerprint density at radius 2 is 2.18 bits per heavy atom. The van der Waals surface area contributed by atoms with Crippen LogP contribution < -0.4 is 0 Å². The zero-order chi connectivity index (χ0) is 8.10. The first-order valence-corrected chi connectivity index (χ1v) is 3.31. The fraction of sp³-hybridized carbons (Fsp3) is 0.250. The standard InChI is InChI=1S/C8H7N3/c9-5-8(6-10)7-11-3-1-2-4-11/h1,3,7H,2,4H2. The van der Waals surface area contributed by atoms with Gasteiger partial charge in [-0.05, 0) is 12.6 Å². The van der Waals surface area contributed by atoms with Gasteiger partial charge in [-0.15, -0.1) is 0 Å². The summed E-state index contributed by atoms with van der Waals surface area (Å²) in [4.78, 5) is 1.84. The summed E-state index contributed by atoms with van der Waals surface area (Å²) >= 11 is 0. The van der Waals surface area contributed by atoms with Crippen LogP contribution in [0.5, 0.6) is 0 Å². The van der Waals surface area contributed by atoms with E-state index in [9.17, 15) is 0 Å². The van der Waals surface area contributed by atoms with Gasteiger partial charge in [-0.25, -0.2) is 0 Å². The predicted octanol–water partition coefficient (Wildman–Crippen LogP) is 1.14. The van der Waals surface area contributed by atoms with E-state index in [1.165, 1.54) is 0 Å². The minimum Gasteiger partial charge on any atom is -0.352 e. The van der Waals surface area contributed by atoms with E-state index in [0.717, 1.165) is 13.0 Å². The van der Waals surface area contributed by atoms with Crippen molar-refractivity contribution in [1.29, 1.82) is 10.5 Å². The van der Waals surface area contributed by atoms with E-state index in [2.05, 4.69) is 0 Å². The third-order valence-electron chi connectivity index (χ3n) is 1.39. The van der Waals surface area contributed by atoms with Crippen LogP contribution in [0.3, 0.4) is 0 Å². The van der Waals surface area contributed by atoms with Crippen molar-refractivity contribution in [2.75, 3.05) is 6.54 Å². The lowest BCUT2D eigenvalue weighted by atomic mass is 10.3. The van der Waals surface area contributed by atoms with Crippen LogP contribution in [-0.2, 0) is 0 Å². The predicted molar refractivity (Wildman–Crippen MR) is 39.8 cm³/mol. The highest BCUT2D eigenvalue weighted by molar-refractivity contribution is 5.35. The van der Waals surface area contributed by atoms with Gasteiger partial charge >= 0.3 is 0 Å². The number of hydrogen-bond donors (Lipinski definition) is 0. The number of hydrogen-bond acceptors (Lipinski definition) is 3. The summed E-state index contributed by atoms with van der Waals surface area (Å²) in [5.41, 5.74) is 0.150. The number of nitriles is 2. The van der Waals surface area contributed by atoms with Crippen molar-refractivity contribution >= 4 is 0 Å². The van der Waals surface area contributed by atoms with Gasteiger partial charge in [-0.3, -0.25) is 0 Å². The number of rotatable bonds is 1. The topological polar surface area (TPSA) is 50.8 Å². The normalized spacial score (nSPS) is 13.8. The summed E-state index contributed by atoms with van der Waals surface area (Å²) in [5.74, 6) is 0. The molecule has 0 spiro atoms. The van der Waals surface area contributed by atoms with Gasteiger partial charge in [0.1, 0.15) is 17.7 Å². The smallest absolute Gasteiger partial charge is 0.145 e. The molecule has 3 heteroatoms. The summed E-state index contributed by atoms with van der Waals surface area (Å²) in [6.45, 7) is 0.868. The molecule has 54 valence electrons. The molecule has 0 aliphatic carbocycles. The van der Waals surface area contributed by atoms with Crippen LogP contribution in [-0.4, -0.2) is 11.4 Å². The first kappa shape index (κ1) is 7.37. The van der Waals surface area contributed by atoms with Gasteiger partial charge in [0.15, 0.2) is 0 Å². The van der Waals surface area contributed by atoms with Crippen LogP contribution in [0.2, 0.25) is 0 Å². The maximum Gasteiger partial charge on any atom is 0.145 e. The van der Waals surface area contributed by atoms with Crippen LogP contribution in [0.25, 0.3) is 0 Å². The van der Waals surface area contributed by atoms with Crippen LogP contribution >= 0.6 is 0 Å². The van der Waals surface area contributed by atoms with Crippen molar-refractivity contribution in [3.8, 4) is 12.1 Å². The van der Waals surface area contributed by atoms with Crippen molar-refractivity contribution in [1.82, 2.24) is 4.90 Å². The molecular weight excluding hydrogens is 138 g/mol. The quantitative estimate of drug-likeness (QED) is 0.520. The van der Waals surface area contributed by atoms with E-state index in [-0.39, 0.29) is 5.57 Å². The second-order valence-corrected chi connectivity index (χ2v) is 2.18. The molecule has 0 aromatic carbocycles. The van der Waals surface area contributed by atoms with E-state index < -0.39 is 0 Å². The molecular formula is C8H7N3. The molecule has 3 nitrogen and oxygen atoms in total. The summed E-state index contributed by atoms with van der Waals surface area (Å²) < 4.78 is 0. The van der Waals surface area contributed by atoms with Gasteiger partial charge in [0.05, 0.1) is 0 Å². The van der Waals surface area contributed by atoms with E-state index in [0.29, 0.717) is 0 Å². The minimum atomic E-state index is 0.150. The third kappa shape index (κ3) is 1.84. The molecule has 1 aliphatic rings. The molecule has 1 heterocycles. The monoisotopic (exact) mass is 145 g/mol. The molecule has 0 radical (unpaired) electrons. The highest BCUT2D eigenvalue weighted by atomic mass is 15.1. The van der Waals surface area contributed by atoms with Crippen LogP contribution in [0, 0.1) is 22.7 Å². The third-order valence-corrected chi connectivity index (χ3v) is 1.39. The summed E-state index contributed by atoms with van der Waals surface area (Å²) in [6, 6.07) is 3.61.